The molecule has 120 valence electrons. The van der Waals surface area contributed by atoms with E-state index in [1.165, 1.54) is 0 Å². The summed E-state index contributed by atoms with van der Waals surface area (Å²) in [6, 6.07) is 0.272. The number of hydrogen-bond donors (Lipinski definition) is 2. The molecule has 1 saturated carbocycles. The predicted molar refractivity (Wildman–Crippen MR) is 81.8 cm³/mol. The second kappa shape index (κ2) is 5.21. The maximum atomic E-state index is 12.9. The minimum Gasteiger partial charge on any atom is -0.377 e. The Labute approximate surface area is 127 Å². The quantitative estimate of drug-likeness (QED) is 0.788. The Bertz CT molecular complexity index is 418. The van der Waals surface area contributed by atoms with E-state index < -0.39 is 5.54 Å². The number of hydrogen-bond acceptors (Lipinski definition) is 4. The Balaban J connectivity index is 1.68. The molecule has 1 aliphatic carbocycles. The number of carbonyl (C=O) groups is 1. The van der Waals surface area contributed by atoms with Gasteiger partial charge in [-0.15, -0.1) is 0 Å². The molecule has 3 N–H and O–H groups in total. The molecule has 2 aliphatic heterocycles. The van der Waals surface area contributed by atoms with Crippen molar-refractivity contribution in [3.63, 3.8) is 0 Å². The number of amides is 1. The molecule has 2 saturated heterocycles. The van der Waals surface area contributed by atoms with Gasteiger partial charge < -0.3 is 20.7 Å². The Hall–Kier alpha value is -0.650. The maximum absolute atomic E-state index is 12.9. The Morgan fingerprint density at radius 3 is 2.62 bits per heavy atom. The lowest BCUT2D eigenvalue weighted by Crippen LogP contribution is -2.82. The molecule has 5 nitrogen and oxygen atoms in total. The number of nitrogens with one attached hydrogen (secondary N) is 1. The van der Waals surface area contributed by atoms with E-state index in [9.17, 15) is 4.79 Å². The van der Waals surface area contributed by atoms with Crippen molar-refractivity contribution in [3.8, 4) is 0 Å². The number of carbonyl (C=O) groups excluding carboxylic acids is 1. The summed E-state index contributed by atoms with van der Waals surface area (Å²) in [6.45, 7) is 7.04. The maximum Gasteiger partial charge on any atom is 0.241 e. The van der Waals surface area contributed by atoms with Gasteiger partial charge in [-0.25, -0.2) is 0 Å². The van der Waals surface area contributed by atoms with Crippen molar-refractivity contribution in [1.29, 1.82) is 0 Å². The van der Waals surface area contributed by atoms with Gasteiger partial charge in [-0.1, -0.05) is 13.8 Å². The molecule has 0 aromatic heterocycles. The van der Waals surface area contributed by atoms with Crippen molar-refractivity contribution < 1.29 is 9.53 Å². The highest BCUT2D eigenvalue weighted by Gasteiger charge is 2.70. The topological polar surface area (TPSA) is 67.6 Å². The fraction of sp³-hybridized carbons (Fsp3) is 0.938. The van der Waals surface area contributed by atoms with Crippen molar-refractivity contribution in [1.82, 2.24) is 10.2 Å². The predicted octanol–water partition coefficient (Wildman–Crippen LogP) is 0.729. The normalized spacial score (nSPS) is 40.2. The summed E-state index contributed by atoms with van der Waals surface area (Å²) >= 11 is 0. The van der Waals surface area contributed by atoms with E-state index in [1.54, 1.807) is 0 Å². The van der Waals surface area contributed by atoms with Crippen LogP contribution in [0.25, 0.3) is 0 Å². The van der Waals surface area contributed by atoms with E-state index >= 15 is 0 Å². The van der Waals surface area contributed by atoms with Crippen LogP contribution in [0.4, 0.5) is 0 Å². The smallest absolute Gasteiger partial charge is 0.241 e. The first-order chi connectivity index (χ1) is 9.87. The third-order valence-corrected chi connectivity index (χ3v) is 6.11. The molecule has 1 amide bonds. The Kier molecular flexibility index (Phi) is 3.79. The van der Waals surface area contributed by atoms with Crippen LogP contribution < -0.4 is 11.1 Å². The molecule has 0 bridgehead atoms. The third-order valence-electron chi connectivity index (χ3n) is 6.11. The third kappa shape index (κ3) is 2.21. The Morgan fingerprint density at radius 2 is 1.95 bits per heavy atom. The van der Waals surface area contributed by atoms with Crippen LogP contribution in [0.15, 0.2) is 0 Å². The zero-order chi connectivity index (χ0) is 15.3. The molecule has 0 aromatic rings. The van der Waals surface area contributed by atoms with Crippen LogP contribution >= 0.6 is 0 Å². The average Bonchev–Trinajstić information content (AvgIpc) is 2.48. The second-order valence-corrected chi connectivity index (χ2v) is 7.68. The summed E-state index contributed by atoms with van der Waals surface area (Å²) in [5.74, 6) is 0.210. The van der Waals surface area contributed by atoms with E-state index in [1.807, 2.05) is 0 Å². The first kappa shape index (κ1) is 15.3. The number of fused-ring (bicyclic) bond motifs is 1. The summed E-state index contributed by atoms with van der Waals surface area (Å²) in [6.07, 6.45) is 4.19. The number of nitrogens with zero attached hydrogens (tertiary/aromatic N) is 1. The molecule has 3 rings (SSSR count). The van der Waals surface area contributed by atoms with Crippen molar-refractivity contribution in [2.45, 2.75) is 57.2 Å². The molecule has 0 spiro atoms. The summed E-state index contributed by atoms with van der Waals surface area (Å²) < 4.78 is 5.88. The summed E-state index contributed by atoms with van der Waals surface area (Å²) in [7, 11) is 2.13. The van der Waals surface area contributed by atoms with Gasteiger partial charge >= 0.3 is 0 Å². The van der Waals surface area contributed by atoms with Gasteiger partial charge in [0.05, 0.1) is 6.10 Å². The van der Waals surface area contributed by atoms with E-state index in [0.29, 0.717) is 0 Å². The van der Waals surface area contributed by atoms with Crippen molar-refractivity contribution in [2.75, 3.05) is 26.7 Å². The molecule has 0 aromatic carbocycles. The number of likely N-dealkylation sites (tertiary alicyclic amines) is 1. The molecular formula is C16H29N3O2. The number of rotatable bonds is 2. The van der Waals surface area contributed by atoms with E-state index in [4.69, 9.17) is 10.5 Å². The molecule has 3 unspecified atom stereocenters. The molecule has 2 heterocycles. The second-order valence-electron chi connectivity index (χ2n) is 7.68. The summed E-state index contributed by atoms with van der Waals surface area (Å²) in [5, 5.41) is 3.22. The van der Waals surface area contributed by atoms with Gasteiger partial charge in [0.2, 0.25) is 5.91 Å². The first-order valence-corrected chi connectivity index (χ1v) is 8.27. The molecule has 3 aliphatic rings. The summed E-state index contributed by atoms with van der Waals surface area (Å²) in [4.78, 5) is 15.2. The first-order valence-electron chi connectivity index (χ1n) is 8.27. The van der Waals surface area contributed by atoms with Gasteiger partial charge in [-0.05, 0) is 45.8 Å². The average molecular weight is 295 g/mol. The van der Waals surface area contributed by atoms with Crippen LogP contribution in [0.5, 0.6) is 0 Å². The van der Waals surface area contributed by atoms with Gasteiger partial charge in [0.1, 0.15) is 5.54 Å². The van der Waals surface area contributed by atoms with Gasteiger partial charge in [0.25, 0.3) is 0 Å². The van der Waals surface area contributed by atoms with Gasteiger partial charge in [-0.3, -0.25) is 4.79 Å². The highest BCUT2D eigenvalue weighted by molar-refractivity contribution is 5.89. The van der Waals surface area contributed by atoms with E-state index in [2.05, 4.69) is 31.1 Å². The molecule has 5 heteroatoms. The van der Waals surface area contributed by atoms with Gasteiger partial charge in [-0.2, -0.15) is 0 Å². The minimum absolute atomic E-state index is 0.0359. The SMILES string of the molecule is CN1CCC(NC(=O)C2(N)C3CCCOC3C2(C)C)CC1. The van der Waals surface area contributed by atoms with Gasteiger partial charge in [0.15, 0.2) is 0 Å². The highest BCUT2D eigenvalue weighted by Crippen LogP contribution is 2.57. The number of nitrogens with two attached hydrogens (primary N) is 1. The van der Waals surface area contributed by atoms with E-state index in [-0.39, 0.29) is 29.4 Å². The van der Waals surface area contributed by atoms with Crippen LogP contribution in [-0.2, 0) is 9.53 Å². The fourth-order valence-corrected chi connectivity index (χ4v) is 4.49. The van der Waals surface area contributed by atoms with Crippen LogP contribution in [-0.4, -0.2) is 55.2 Å². The standard InChI is InChI=1S/C16H29N3O2/c1-15(2)13-12(5-4-10-21-13)16(15,17)14(20)18-11-6-8-19(3)9-7-11/h11-13H,4-10,17H2,1-3H3,(H,18,20). The van der Waals surface area contributed by atoms with Crippen LogP contribution in [0.2, 0.25) is 0 Å². The van der Waals surface area contributed by atoms with Crippen molar-refractivity contribution in [3.05, 3.63) is 0 Å². The molecule has 21 heavy (non-hydrogen) atoms. The number of ether oxygens (including phenoxy) is 1. The number of piperidine rings is 1. The summed E-state index contributed by atoms with van der Waals surface area (Å²) in [5.41, 5.74) is 5.56. The van der Waals surface area contributed by atoms with Crippen molar-refractivity contribution in [2.24, 2.45) is 17.1 Å². The van der Waals surface area contributed by atoms with Crippen molar-refractivity contribution >= 4 is 5.91 Å². The monoisotopic (exact) mass is 295 g/mol. The van der Waals surface area contributed by atoms with Crippen LogP contribution in [0.1, 0.15) is 39.5 Å². The Morgan fingerprint density at radius 1 is 1.29 bits per heavy atom. The largest absolute Gasteiger partial charge is 0.377 e. The molecule has 3 fully saturated rings. The van der Waals surface area contributed by atoms with Crippen LogP contribution in [0.3, 0.4) is 0 Å². The molecular weight excluding hydrogens is 266 g/mol. The lowest BCUT2D eigenvalue weighted by Gasteiger charge is -2.65. The van der Waals surface area contributed by atoms with Crippen LogP contribution in [0, 0.1) is 11.3 Å². The highest BCUT2D eigenvalue weighted by atomic mass is 16.5. The van der Waals surface area contributed by atoms with Gasteiger partial charge in [0, 0.05) is 24.0 Å². The molecule has 3 atom stereocenters. The lowest BCUT2D eigenvalue weighted by atomic mass is 9.46. The van der Waals surface area contributed by atoms with E-state index in [0.717, 1.165) is 45.4 Å². The lowest BCUT2D eigenvalue weighted by molar-refractivity contribution is -0.225. The zero-order valence-corrected chi connectivity index (χ0v) is 13.5. The fourth-order valence-electron chi connectivity index (χ4n) is 4.49. The molecule has 0 radical (unpaired) electrons. The minimum atomic E-state index is -0.776. The zero-order valence-electron chi connectivity index (χ0n) is 13.5.